The van der Waals surface area contributed by atoms with Crippen molar-refractivity contribution in [3.05, 3.63) is 41.5 Å². The van der Waals surface area contributed by atoms with Gasteiger partial charge in [0.1, 0.15) is 0 Å². The molecule has 1 aliphatic rings. The highest BCUT2D eigenvalue weighted by Gasteiger charge is 2.27. The molecule has 0 saturated heterocycles. The Labute approximate surface area is 116 Å². The first-order valence-electron chi connectivity index (χ1n) is 6.64. The van der Waals surface area contributed by atoms with Gasteiger partial charge in [0, 0.05) is 13.1 Å². The van der Waals surface area contributed by atoms with Crippen LogP contribution < -0.4 is 0 Å². The fourth-order valence-corrected chi connectivity index (χ4v) is 3.69. The monoisotopic (exact) mass is 279 g/mol. The van der Waals surface area contributed by atoms with Crippen molar-refractivity contribution in [2.75, 3.05) is 13.1 Å². The summed E-state index contributed by atoms with van der Waals surface area (Å²) in [5.74, 6) is 0.563. The number of hydrogen-bond acceptors (Lipinski definition) is 2. The maximum Gasteiger partial charge on any atom is 0.243 e. The Morgan fingerprint density at radius 2 is 1.84 bits per heavy atom. The first kappa shape index (κ1) is 14.3. The molecule has 0 aliphatic carbocycles. The van der Waals surface area contributed by atoms with E-state index < -0.39 is 10.0 Å². The summed E-state index contributed by atoms with van der Waals surface area (Å²) in [7, 11) is -3.34. The molecule has 2 rings (SSSR count). The largest absolute Gasteiger partial charge is 0.243 e. The third kappa shape index (κ3) is 3.25. The molecule has 0 atom stereocenters. The van der Waals surface area contributed by atoms with Crippen molar-refractivity contribution < 1.29 is 8.42 Å². The van der Waals surface area contributed by atoms with E-state index in [1.165, 1.54) is 5.57 Å². The van der Waals surface area contributed by atoms with E-state index in [-0.39, 0.29) is 0 Å². The predicted octanol–water partition coefficient (Wildman–Crippen LogP) is 2.97. The lowest BCUT2D eigenvalue weighted by atomic mass is 10.0. The van der Waals surface area contributed by atoms with E-state index in [0.717, 1.165) is 12.0 Å². The van der Waals surface area contributed by atoms with Gasteiger partial charge in [-0.15, -0.1) is 0 Å². The molecule has 1 aromatic rings. The smallest absolute Gasteiger partial charge is 0.207 e. The second kappa shape index (κ2) is 5.47. The fraction of sp³-hybridized carbons (Fsp3) is 0.467. The summed E-state index contributed by atoms with van der Waals surface area (Å²) in [6, 6.07) is 7.05. The van der Waals surface area contributed by atoms with Gasteiger partial charge < -0.3 is 0 Å². The van der Waals surface area contributed by atoms with E-state index in [2.05, 4.69) is 13.8 Å². The van der Waals surface area contributed by atoms with Crippen LogP contribution in [0.2, 0.25) is 0 Å². The van der Waals surface area contributed by atoms with Gasteiger partial charge in [-0.05, 0) is 31.4 Å². The third-order valence-corrected chi connectivity index (χ3v) is 5.12. The Morgan fingerprint density at radius 1 is 1.21 bits per heavy atom. The van der Waals surface area contributed by atoms with E-state index >= 15 is 0 Å². The Balaban J connectivity index is 2.13. The Kier molecular flexibility index (Phi) is 4.11. The van der Waals surface area contributed by atoms with Crippen LogP contribution in [0.15, 0.2) is 40.8 Å². The lowest BCUT2D eigenvalue weighted by Crippen LogP contribution is -2.29. The van der Waals surface area contributed by atoms with Crippen LogP contribution in [-0.4, -0.2) is 25.8 Å². The summed E-state index contributed by atoms with van der Waals surface area (Å²) in [6.07, 6.45) is 3.02. The van der Waals surface area contributed by atoms with Crippen LogP contribution in [0.1, 0.15) is 25.8 Å². The van der Waals surface area contributed by atoms with Crippen LogP contribution in [-0.2, 0) is 10.0 Å². The number of hydrogen-bond donors (Lipinski definition) is 0. The fourth-order valence-electron chi connectivity index (χ4n) is 2.30. The number of benzene rings is 1. The maximum atomic E-state index is 12.5. The molecule has 0 bridgehead atoms. The van der Waals surface area contributed by atoms with Gasteiger partial charge in [0.05, 0.1) is 4.90 Å². The zero-order chi connectivity index (χ0) is 14.0. The minimum atomic E-state index is -3.34. The van der Waals surface area contributed by atoms with Crippen molar-refractivity contribution in [2.24, 2.45) is 5.92 Å². The Hall–Kier alpha value is -1.13. The van der Waals surface area contributed by atoms with Crippen LogP contribution >= 0.6 is 0 Å². The number of aryl methyl sites for hydroxylation is 1. The molecular formula is C15H21NO2S. The van der Waals surface area contributed by atoms with E-state index in [1.807, 2.05) is 25.1 Å². The third-order valence-electron chi connectivity index (χ3n) is 3.29. The predicted molar refractivity (Wildman–Crippen MR) is 77.5 cm³/mol. The standard InChI is InChI=1S/C15H21NO2S/c1-12(2)10-14-8-9-16(11-14)19(17,18)15-6-4-13(3)5-7-15/h4-8,12H,9-11H2,1-3H3. The van der Waals surface area contributed by atoms with Gasteiger partial charge in [-0.1, -0.05) is 43.2 Å². The summed E-state index contributed by atoms with van der Waals surface area (Å²) in [5, 5.41) is 0. The van der Waals surface area contributed by atoms with Crippen molar-refractivity contribution in [1.29, 1.82) is 0 Å². The molecule has 1 aromatic carbocycles. The first-order valence-corrected chi connectivity index (χ1v) is 8.08. The van der Waals surface area contributed by atoms with Gasteiger partial charge >= 0.3 is 0 Å². The summed E-state index contributed by atoms with van der Waals surface area (Å²) < 4.78 is 26.5. The molecule has 4 heteroatoms. The van der Waals surface area contributed by atoms with E-state index in [9.17, 15) is 8.42 Å². The molecular weight excluding hydrogens is 258 g/mol. The lowest BCUT2D eigenvalue weighted by molar-refractivity contribution is 0.478. The second-order valence-corrected chi connectivity index (χ2v) is 7.51. The minimum Gasteiger partial charge on any atom is -0.207 e. The van der Waals surface area contributed by atoms with Gasteiger partial charge in [0.15, 0.2) is 0 Å². The molecule has 19 heavy (non-hydrogen) atoms. The molecule has 104 valence electrons. The van der Waals surface area contributed by atoms with E-state index in [1.54, 1.807) is 16.4 Å². The summed E-state index contributed by atoms with van der Waals surface area (Å²) in [6.45, 7) is 7.29. The second-order valence-electron chi connectivity index (χ2n) is 5.57. The first-order chi connectivity index (χ1) is 8.89. The van der Waals surface area contributed by atoms with Gasteiger partial charge in [-0.3, -0.25) is 0 Å². The molecule has 0 N–H and O–H groups in total. The van der Waals surface area contributed by atoms with Crippen LogP contribution in [0.4, 0.5) is 0 Å². The molecule has 0 spiro atoms. The molecule has 0 fully saturated rings. The van der Waals surface area contributed by atoms with Gasteiger partial charge in [-0.25, -0.2) is 8.42 Å². The molecule has 1 aliphatic heterocycles. The molecule has 0 radical (unpaired) electrons. The van der Waals surface area contributed by atoms with Gasteiger partial charge in [-0.2, -0.15) is 4.31 Å². The van der Waals surface area contributed by atoms with Crippen LogP contribution in [0.3, 0.4) is 0 Å². The lowest BCUT2D eigenvalue weighted by Gasteiger charge is -2.17. The van der Waals surface area contributed by atoms with Crippen LogP contribution in [0, 0.1) is 12.8 Å². The SMILES string of the molecule is Cc1ccc(S(=O)(=O)N2CC=C(CC(C)C)C2)cc1. The van der Waals surface area contributed by atoms with Crippen molar-refractivity contribution >= 4 is 10.0 Å². The average Bonchev–Trinajstić information content (AvgIpc) is 2.78. The summed E-state index contributed by atoms with van der Waals surface area (Å²) >= 11 is 0. The molecule has 0 unspecified atom stereocenters. The highest BCUT2D eigenvalue weighted by atomic mass is 32.2. The maximum absolute atomic E-state index is 12.5. The van der Waals surface area contributed by atoms with Crippen molar-refractivity contribution in [2.45, 2.75) is 32.1 Å². The average molecular weight is 279 g/mol. The van der Waals surface area contributed by atoms with Crippen LogP contribution in [0.5, 0.6) is 0 Å². The van der Waals surface area contributed by atoms with Gasteiger partial charge in [0.2, 0.25) is 10.0 Å². The molecule has 0 aromatic heterocycles. The molecule has 0 amide bonds. The molecule has 0 saturated carbocycles. The summed E-state index contributed by atoms with van der Waals surface area (Å²) in [5.41, 5.74) is 2.30. The number of rotatable bonds is 4. The molecule has 3 nitrogen and oxygen atoms in total. The zero-order valence-electron chi connectivity index (χ0n) is 11.8. The normalized spacial score (nSPS) is 16.9. The zero-order valence-corrected chi connectivity index (χ0v) is 12.6. The number of nitrogens with zero attached hydrogens (tertiary/aromatic N) is 1. The highest BCUT2D eigenvalue weighted by molar-refractivity contribution is 7.89. The minimum absolute atomic E-state index is 0.386. The van der Waals surface area contributed by atoms with E-state index in [4.69, 9.17) is 0 Å². The highest BCUT2D eigenvalue weighted by Crippen LogP contribution is 2.24. The topological polar surface area (TPSA) is 37.4 Å². The Bertz CT molecular complexity index is 571. The van der Waals surface area contributed by atoms with Crippen molar-refractivity contribution in [1.82, 2.24) is 4.31 Å². The molecule has 1 heterocycles. The van der Waals surface area contributed by atoms with Crippen LogP contribution in [0.25, 0.3) is 0 Å². The Morgan fingerprint density at radius 3 is 2.42 bits per heavy atom. The van der Waals surface area contributed by atoms with Crippen molar-refractivity contribution in [3.8, 4) is 0 Å². The summed E-state index contributed by atoms with van der Waals surface area (Å²) in [4.78, 5) is 0.386. The number of sulfonamides is 1. The van der Waals surface area contributed by atoms with Gasteiger partial charge in [0.25, 0.3) is 0 Å². The van der Waals surface area contributed by atoms with Crippen molar-refractivity contribution in [3.63, 3.8) is 0 Å². The quantitative estimate of drug-likeness (QED) is 0.795. The van der Waals surface area contributed by atoms with E-state index in [0.29, 0.717) is 23.9 Å².